The molecular weight excluding hydrogens is 418 g/mol. The molecule has 1 aliphatic heterocycles. The number of thioether (sulfide) groups is 1. The van der Waals surface area contributed by atoms with Crippen molar-refractivity contribution in [1.29, 1.82) is 0 Å². The number of rotatable bonds is 6. The van der Waals surface area contributed by atoms with Crippen molar-refractivity contribution < 1.29 is 9.59 Å². The lowest BCUT2D eigenvalue weighted by molar-refractivity contribution is -0.119. The maximum atomic E-state index is 12.7. The lowest BCUT2D eigenvalue weighted by Gasteiger charge is -2.34. The van der Waals surface area contributed by atoms with Gasteiger partial charge in [-0.15, -0.1) is 10.2 Å². The average molecular weight is 446 g/mol. The van der Waals surface area contributed by atoms with Gasteiger partial charge in [-0.3, -0.25) is 9.59 Å². The monoisotopic (exact) mass is 445 g/mol. The number of piperazine rings is 1. The molecule has 2 amide bonds. The predicted octanol–water partition coefficient (Wildman–Crippen LogP) is 2.96. The Bertz CT molecular complexity index is 889. The summed E-state index contributed by atoms with van der Waals surface area (Å²) in [5.74, 6) is 0.538. The number of aromatic nitrogens is 2. The average Bonchev–Trinajstić information content (AvgIpc) is 3.44. The largest absolute Gasteiger partial charge is 0.353 e. The van der Waals surface area contributed by atoms with E-state index in [1.54, 1.807) is 0 Å². The number of amides is 2. The van der Waals surface area contributed by atoms with Crippen molar-refractivity contribution >= 4 is 40.0 Å². The Hall–Kier alpha value is -2.13. The van der Waals surface area contributed by atoms with Gasteiger partial charge in [-0.1, -0.05) is 53.6 Å². The Labute approximate surface area is 185 Å². The van der Waals surface area contributed by atoms with E-state index < -0.39 is 0 Å². The first-order valence-corrected chi connectivity index (χ1v) is 12.3. The Kier molecular flexibility index (Phi) is 6.89. The first kappa shape index (κ1) is 21.1. The van der Waals surface area contributed by atoms with Crippen molar-refractivity contribution in [3.63, 3.8) is 0 Å². The molecule has 0 unspecified atom stereocenters. The zero-order valence-electron chi connectivity index (χ0n) is 17.2. The van der Waals surface area contributed by atoms with Crippen LogP contribution < -0.4 is 10.2 Å². The SMILES string of the molecule is Cc1cccc(C(=O)N2CCN(c3nnc(SCC(=O)NC4CCCC4)s3)CC2)c1. The molecule has 9 heteroatoms. The molecular formula is C21H27N5O2S2. The highest BCUT2D eigenvalue weighted by molar-refractivity contribution is 8.01. The number of anilines is 1. The summed E-state index contributed by atoms with van der Waals surface area (Å²) in [4.78, 5) is 28.9. The number of nitrogens with one attached hydrogen (secondary N) is 1. The number of hydrogen-bond donors (Lipinski definition) is 1. The minimum Gasteiger partial charge on any atom is -0.353 e. The van der Waals surface area contributed by atoms with Crippen molar-refractivity contribution in [2.75, 3.05) is 36.8 Å². The van der Waals surface area contributed by atoms with E-state index in [1.807, 2.05) is 36.1 Å². The van der Waals surface area contributed by atoms with E-state index in [-0.39, 0.29) is 11.8 Å². The van der Waals surface area contributed by atoms with Gasteiger partial charge in [0.1, 0.15) is 0 Å². The van der Waals surface area contributed by atoms with Gasteiger partial charge in [0.15, 0.2) is 4.34 Å². The van der Waals surface area contributed by atoms with E-state index in [0.717, 1.165) is 46.5 Å². The van der Waals surface area contributed by atoms with E-state index in [1.165, 1.54) is 35.9 Å². The van der Waals surface area contributed by atoms with Crippen molar-refractivity contribution in [2.24, 2.45) is 0 Å². The maximum absolute atomic E-state index is 12.7. The van der Waals surface area contributed by atoms with Crippen LogP contribution in [0.5, 0.6) is 0 Å². The Morgan fingerprint density at radius 2 is 1.93 bits per heavy atom. The normalized spacial score (nSPS) is 17.4. The third-order valence-corrected chi connectivity index (χ3v) is 7.66. The van der Waals surface area contributed by atoms with E-state index in [9.17, 15) is 9.59 Å². The molecule has 0 bridgehead atoms. The third-order valence-electron chi connectivity index (χ3n) is 5.55. The molecule has 1 saturated carbocycles. The van der Waals surface area contributed by atoms with Crippen LogP contribution in [0, 0.1) is 6.92 Å². The Balaban J connectivity index is 1.24. The standard InChI is InChI=1S/C21H27N5O2S2/c1-15-5-4-6-16(13-15)19(28)25-9-11-26(12-10-25)20-23-24-21(30-20)29-14-18(27)22-17-7-2-3-8-17/h4-6,13,17H,2-3,7-12,14H2,1H3,(H,22,27). The molecule has 2 aromatic rings. The zero-order chi connectivity index (χ0) is 20.9. The van der Waals surface area contributed by atoms with Gasteiger partial charge in [-0.25, -0.2) is 0 Å². The summed E-state index contributed by atoms with van der Waals surface area (Å²) >= 11 is 2.96. The molecule has 0 spiro atoms. The van der Waals surface area contributed by atoms with Gasteiger partial charge >= 0.3 is 0 Å². The predicted molar refractivity (Wildman–Crippen MR) is 120 cm³/mol. The molecule has 1 aliphatic carbocycles. The van der Waals surface area contributed by atoms with E-state index in [0.29, 0.717) is 24.9 Å². The quantitative estimate of drug-likeness (QED) is 0.689. The molecule has 1 N–H and O–H groups in total. The topological polar surface area (TPSA) is 78.4 Å². The van der Waals surface area contributed by atoms with Crippen molar-refractivity contribution in [3.8, 4) is 0 Å². The molecule has 4 rings (SSSR count). The second kappa shape index (κ2) is 9.78. The van der Waals surface area contributed by atoms with Gasteiger partial charge in [0.2, 0.25) is 11.0 Å². The third kappa shape index (κ3) is 5.31. The molecule has 2 heterocycles. The minimum absolute atomic E-state index is 0.0759. The van der Waals surface area contributed by atoms with Crippen LogP contribution >= 0.6 is 23.1 Å². The summed E-state index contributed by atoms with van der Waals surface area (Å²) in [6, 6.07) is 8.08. The summed E-state index contributed by atoms with van der Waals surface area (Å²) in [5, 5.41) is 12.5. The van der Waals surface area contributed by atoms with Gasteiger partial charge in [0.05, 0.1) is 5.75 Å². The molecule has 160 valence electrons. The lowest BCUT2D eigenvalue weighted by Crippen LogP contribution is -2.48. The van der Waals surface area contributed by atoms with Crippen LogP contribution in [0.3, 0.4) is 0 Å². The lowest BCUT2D eigenvalue weighted by atomic mass is 10.1. The van der Waals surface area contributed by atoms with E-state index in [4.69, 9.17) is 0 Å². The Morgan fingerprint density at radius 1 is 1.17 bits per heavy atom. The van der Waals surface area contributed by atoms with Crippen LogP contribution in [0.2, 0.25) is 0 Å². The summed E-state index contributed by atoms with van der Waals surface area (Å²) in [6.07, 6.45) is 4.61. The van der Waals surface area contributed by atoms with Crippen molar-refractivity contribution in [2.45, 2.75) is 43.0 Å². The molecule has 7 nitrogen and oxygen atoms in total. The van der Waals surface area contributed by atoms with Gasteiger partial charge in [0, 0.05) is 37.8 Å². The fourth-order valence-corrected chi connectivity index (χ4v) is 5.62. The number of aryl methyl sites for hydroxylation is 1. The fourth-order valence-electron chi connectivity index (χ4n) is 3.92. The fraction of sp³-hybridized carbons (Fsp3) is 0.524. The molecule has 2 fully saturated rings. The smallest absolute Gasteiger partial charge is 0.253 e. The highest BCUT2D eigenvalue weighted by Crippen LogP contribution is 2.29. The summed E-state index contributed by atoms with van der Waals surface area (Å²) in [5.41, 5.74) is 1.84. The van der Waals surface area contributed by atoms with Gasteiger partial charge in [-0.2, -0.15) is 0 Å². The maximum Gasteiger partial charge on any atom is 0.253 e. The second-order valence-electron chi connectivity index (χ2n) is 7.84. The first-order chi connectivity index (χ1) is 14.6. The zero-order valence-corrected chi connectivity index (χ0v) is 18.8. The number of benzene rings is 1. The first-order valence-electron chi connectivity index (χ1n) is 10.4. The molecule has 0 atom stereocenters. The van der Waals surface area contributed by atoms with Gasteiger partial charge < -0.3 is 15.1 Å². The number of hydrogen-bond acceptors (Lipinski definition) is 7. The van der Waals surface area contributed by atoms with E-state index in [2.05, 4.69) is 20.4 Å². The van der Waals surface area contributed by atoms with Crippen LogP contribution in [0.1, 0.15) is 41.6 Å². The van der Waals surface area contributed by atoms with Crippen molar-refractivity contribution in [3.05, 3.63) is 35.4 Å². The van der Waals surface area contributed by atoms with Crippen LogP contribution in [0.4, 0.5) is 5.13 Å². The van der Waals surface area contributed by atoms with Crippen LogP contribution in [0.25, 0.3) is 0 Å². The van der Waals surface area contributed by atoms with Gasteiger partial charge in [0.25, 0.3) is 5.91 Å². The van der Waals surface area contributed by atoms with Crippen LogP contribution in [-0.4, -0.2) is 64.9 Å². The molecule has 2 aliphatic rings. The summed E-state index contributed by atoms with van der Waals surface area (Å²) in [7, 11) is 0. The van der Waals surface area contributed by atoms with Gasteiger partial charge in [-0.05, 0) is 31.9 Å². The molecule has 30 heavy (non-hydrogen) atoms. The number of carbonyl (C=O) groups excluding carboxylic acids is 2. The summed E-state index contributed by atoms with van der Waals surface area (Å²) in [6.45, 7) is 4.80. The highest BCUT2D eigenvalue weighted by atomic mass is 32.2. The van der Waals surface area contributed by atoms with E-state index >= 15 is 0 Å². The number of nitrogens with zero attached hydrogens (tertiary/aromatic N) is 4. The van der Waals surface area contributed by atoms with Crippen LogP contribution in [0.15, 0.2) is 28.6 Å². The molecule has 1 aromatic carbocycles. The molecule has 1 saturated heterocycles. The number of carbonyl (C=O) groups is 2. The summed E-state index contributed by atoms with van der Waals surface area (Å²) < 4.78 is 0.810. The second-order valence-corrected chi connectivity index (χ2v) is 10.0. The Morgan fingerprint density at radius 3 is 2.67 bits per heavy atom. The highest BCUT2D eigenvalue weighted by Gasteiger charge is 2.24. The molecule has 1 aromatic heterocycles. The molecule has 0 radical (unpaired) electrons. The van der Waals surface area contributed by atoms with Crippen LogP contribution in [-0.2, 0) is 4.79 Å². The minimum atomic E-state index is 0.0759. The van der Waals surface area contributed by atoms with Crippen molar-refractivity contribution in [1.82, 2.24) is 20.4 Å².